The Kier molecular flexibility index (Phi) is 6.09. The summed E-state index contributed by atoms with van der Waals surface area (Å²) in [4.78, 5) is 4.19. The molecule has 0 radical (unpaired) electrons. The molecule has 4 rings (SSSR count). The van der Waals surface area contributed by atoms with E-state index in [4.69, 9.17) is 0 Å². The zero-order valence-corrected chi connectivity index (χ0v) is 19.4. The summed E-state index contributed by atoms with van der Waals surface area (Å²) in [6.45, 7) is 3.29. The van der Waals surface area contributed by atoms with Gasteiger partial charge < -0.3 is 0 Å². The highest BCUT2D eigenvalue weighted by atomic mass is 19.4. The number of pyridine rings is 1. The highest BCUT2D eigenvalue weighted by Crippen LogP contribution is 2.73. The summed E-state index contributed by atoms with van der Waals surface area (Å²) in [7, 11) is 0. The molecule has 38 heavy (non-hydrogen) atoms. The van der Waals surface area contributed by atoms with E-state index in [2.05, 4.69) is 4.98 Å². The van der Waals surface area contributed by atoms with Crippen LogP contribution in [-0.4, -0.2) is 29.7 Å². The first-order chi connectivity index (χ1) is 17.2. The molecule has 1 aliphatic rings. The lowest BCUT2D eigenvalue weighted by Crippen LogP contribution is -2.72. The number of hydrogen-bond acceptors (Lipinski definition) is 1. The molecule has 1 nitrogen and oxygen atoms in total. The average molecular weight is 559 g/mol. The third-order valence-corrected chi connectivity index (χ3v) is 7.09. The van der Waals surface area contributed by atoms with Gasteiger partial charge in [0.25, 0.3) is 0 Å². The number of benzene rings is 2. The third kappa shape index (κ3) is 3.83. The van der Waals surface area contributed by atoms with Crippen molar-refractivity contribution in [2.24, 2.45) is 10.8 Å². The molecule has 206 valence electrons. The predicted octanol–water partition coefficient (Wildman–Crippen LogP) is 8.84. The monoisotopic (exact) mass is 559 g/mol. The second-order valence-electron chi connectivity index (χ2n) is 9.51. The number of rotatable bonds is 1. The summed E-state index contributed by atoms with van der Waals surface area (Å²) < 4.78 is 173. The number of hydrogen-bond donors (Lipinski definition) is 0. The summed E-state index contributed by atoms with van der Waals surface area (Å²) in [5, 5.41) is -0.603. The van der Waals surface area contributed by atoms with Crippen molar-refractivity contribution in [1.82, 2.24) is 4.98 Å². The van der Waals surface area contributed by atoms with E-state index in [0.29, 0.717) is 17.2 Å². The highest BCUT2D eigenvalue weighted by molar-refractivity contribution is 5.89. The van der Waals surface area contributed by atoms with Gasteiger partial charge in [-0.1, -0.05) is 29.3 Å². The van der Waals surface area contributed by atoms with Crippen molar-refractivity contribution in [1.29, 1.82) is 0 Å². The summed E-state index contributed by atoms with van der Waals surface area (Å²) in [5.41, 5.74) is -13.5. The van der Waals surface area contributed by atoms with Gasteiger partial charge in [-0.05, 0) is 62.1 Å². The summed E-state index contributed by atoms with van der Waals surface area (Å²) in [6.07, 6.45) is -33.3. The molecular weight excluding hydrogens is 542 g/mol. The summed E-state index contributed by atoms with van der Waals surface area (Å²) >= 11 is 0. The van der Waals surface area contributed by atoms with Crippen molar-refractivity contribution in [2.45, 2.75) is 51.4 Å². The maximum atomic E-state index is 14.4. The second kappa shape index (κ2) is 8.25. The molecule has 1 aromatic heterocycles. The standard InChI is InChI=1S/C25H17F12N/c1-12-6-13(2)8-15(7-12)18-9-16-11-21(24(32,33)34,25(35,36)37)20(22(26,27)28,23(29,30)31)10-14-4-3-5-17(38-18)19(14)16/h3-9H,10-11H2,1-2H3. The minimum atomic E-state index is -7.01. The largest absolute Gasteiger partial charge is 0.404 e. The number of aryl methyl sites for hydroxylation is 2. The Hall–Kier alpha value is -2.99. The lowest BCUT2D eigenvalue weighted by Gasteiger charge is -2.51. The van der Waals surface area contributed by atoms with Crippen LogP contribution in [0, 0.1) is 24.7 Å². The Balaban J connectivity index is 2.20. The number of nitrogens with zero attached hydrogens (tertiary/aromatic N) is 1. The van der Waals surface area contributed by atoms with Gasteiger partial charge in [0.2, 0.25) is 0 Å². The Morgan fingerprint density at radius 2 is 1.05 bits per heavy atom. The lowest BCUT2D eigenvalue weighted by molar-refractivity contribution is -0.470. The zero-order valence-electron chi connectivity index (χ0n) is 19.4. The minimum Gasteiger partial charge on any atom is -0.248 e. The lowest BCUT2D eigenvalue weighted by atomic mass is 9.57. The average Bonchev–Trinajstić information content (AvgIpc) is 2.86. The van der Waals surface area contributed by atoms with E-state index < -0.39 is 64.9 Å². The number of halogens is 12. The molecule has 13 heteroatoms. The molecule has 0 fully saturated rings. The van der Waals surface area contributed by atoms with Crippen LogP contribution in [0.3, 0.4) is 0 Å². The first kappa shape index (κ1) is 28.0. The van der Waals surface area contributed by atoms with E-state index in [9.17, 15) is 52.7 Å². The Labute approximate surface area is 207 Å². The van der Waals surface area contributed by atoms with E-state index in [1.165, 1.54) is 12.1 Å². The molecule has 0 saturated carbocycles. The van der Waals surface area contributed by atoms with Gasteiger partial charge in [-0.15, -0.1) is 0 Å². The number of alkyl halides is 12. The van der Waals surface area contributed by atoms with Crippen LogP contribution in [0.2, 0.25) is 0 Å². The fraction of sp³-hybridized carbons (Fsp3) is 0.400. The van der Waals surface area contributed by atoms with Crippen LogP contribution in [0.25, 0.3) is 22.2 Å². The molecule has 0 unspecified atom stereocenters. The van der Waals surface area contributed by atoms with E-state index in [0.717, 1.165) is 18.2 Å². The molecular formula is C25H17F12N. The number of aromatic nitrogens is 1. The SMILES string of the molecule is Cc1cc(C)cc(-c2cc3c4c(cccc4n2)CC(C(F)(F)F)(C(F)(F)F)C(C(F)(F)F)(C(F)(F)F)C3)c1. The van der Waals surface area contributed by atoms with Crippen LogP contribution in [-0.2, 0) is 12.8 Å². The molecule has 0 amide bonds. The smallest absolute Gasteiger partial charge is 0.248 e. The summed E-state index contributed by atoms with van der Waals surface area (Å²) in [6, 6.07) is 8.14. The Bertz CT molecular complexity index is 1340. The molecule has 1 aliphatic carbocycles. The first-order valence-corrected chi connectivity index (χ1v) is 10.9. The highest BCUT2D eigenvalue weighted by Gasteiger charge is 2.92. The van der Waals surface area contributed by atoms with Gasteiger partial charge in [0.15, 0.2) is 10.8 Å². The van der Waals surface area contributed by atoms with Crippen molar-refractivity contribution >= 4 is 10.9 Å². The maximum Gasteiger partial charge on any atom is 0.404 e. The van der Waals surface area contributed by atoms with Crippen LogP contribution >= 0.6 is 0 Å². The van der Waals surface area contributed by atoms with Crippen LogP contribution in [0.5, 0.6) is 0 Å². The molecule has 0 spiro atoms. The van der Waals surface area contributed by atoms with E-state index in [-0.39, 0.29) is 16.8 Å². The molecule has 0 aliphatic heterocycles. The van der Waals surface area contributed by atoms with Gasteiger partial charge in [0.1, 0.15) is 0 Å². The Morgan fingerprint density at radius 1 is 0.605 bits per heavy atom. The second-order valence-corrected chi connectivity index (χ2v) is 9.51. The van der Waals surface area contributed by atoms with E-state index in [1.807, 2.05) is 0 Å². The van der Waals surface area contributed by atoms with Gasteiger partial charge in [0.05, 0.1) is 11.2 Å². The predicted molar refractivity (Wildman–Crippen MR) is 113 cm³/mol. The van der Waals surface area contributed by atoms with Crippen LogP contribution in [0.4, 0.5) is 52.7 Å². The van der Waals surface area contributed by atoms with Crippen molar-refractivity contribution in [3.8, 4) is 11.3 Å². The quantitative estimate of drug-likeness (QED) is 0.272. The van der Waals surface area contributed by atoms with Crippen LogP contribution in [0.15, 0.2) is 42.5 Å². The summed E-state index contributed by atoms with van der Waals surface area (Å²) in [5.74, 6) is 0. The maximum absolute atomic E-state index is 14.4. The Morgan fingerprint density at radius 3 is 1.50 bits per heavy atom. The molecule has 2 aromatic carbocycles. The van der Waals surface area contributed by atoms with Crippen molar-refractivity contribution in [3.05, 3.63) is 64.7 Å². The van der Waals surface area contributed by atoms with E-state index >= 15 is 0 Å². The van der Waals surface area contributed by atoms with Gasteiger partial charge in [-0.25, -0.2) is 4.98 Å². The van der Waals surface area contributed by atoms with Gasteiger partial charge in [0, 0.05) is 10.9 Å². The zero-order chi connectivity index (χ0) is 28.7. The normalized spacial score (nSPS) is 17.9. The van der Waals surface area contributed by atoms with Crippen molar-refractivity contribution in [3.63, 3.8) is 0 Å². The molecule has 0 bridgehead atoms. The van der Waals surface area contributed by atoms with Crippen molar-refractivity contribution < 1.29 is 52.7 Å². The van der Waals surface area contributed by atoms with Gasteiger partial charge >= 0.3 is 24.7 Å². The third-order valence-electron chi connectivity index (χ3n) is 7.09. The molecule has 1 heterocycles. The minimum absolute atomic E-state index is 0.193. The molecule has 3 aromatic rings. The van der Waals surface area contributed by atoms with Crippen LogP contribution < -0.4 is 0 Å². The van der Waals surface area contributed by atoms with Gasteiger partial charge in [-0.2, -0.15) is 52.7 Å². The topological polar surface area (TPSA) is 12.9 Å². The molecule has 0 atom stereocenters. The molecule has 0 saturated heterocycles. The fourth-order valence-corrected chi connectivity index (χ4v) is 5.57. The van der Waals surface area contributed by atoms with E-state index in [1.54, 1.807) is 19.9 Å². The molecule has 0 N–H and O–H groups in total. The first-order valence-electron chi connectivity index (χ1n) is 10.9. The van der Waals surface area contributed by atoms with Crippen LogP contribution in [0.1, 0.15) is 22.3 Å². The van der Waals surface area contributed by atoms with Crippen molar-refractivity contribution in [2.75, 3.05) is 0 Å². The van der Waals surface area contributed by atoms with Gasteiger partial charge in [-0.3, -0.25) is 0 Å². The fourth-order valence-electron chi connectivity index (χ4n) is 5.57.